The summed E-state index contributed by atoms with van der Waals surface area (Å²) in [6.45, 7) is 6.21. The van der Waals surface area contributed by atoms with Crippen LogP contribution in [0, 0.1) is 11.6 Å². The van der Waals surface area contributed by atoms with Crippen molar-refractivity contribution in [3.63, 3.8) is 0 Å². The fraction of sp³-hybridized carbons (Fsp3) is 0.500. The lowest BCUT2D eigenvalue weighted by molar-refractivity contribution is 0.479. The molecule has 0 amide bonds. The van der Waals surface area contributed by atoms with Crippen LogP contribution in [0.15, 0.2) is 18.2 Å². The van der Waals surface area contributed by atoms with Crippen molar-refractivity contribution in [2.45, 2.75) is 38.9 Å². The minimum atomic E-state index is -1.88. The largest absolute Gasteiger partial charge is 0.542 e. The van der Waals surface area contributed by atoms with Crippen LogP contribution in [0.4, 0.5) is 8.78 Å². The van der Waals surface area contributed by atoms with E-state index >= 15 is 0 Å². The Kier molecular flexibility index (Phi) is 4.47. The maximum absolute atomic E-state index is 13.4. The minimum Gasteiger partial charge on any atom is -0.542 e. The number of halogens is 2. The van der Waals surface area contributed by atoms with Crippen LogP contribution in [0.3, 0.4) is 0 Å². The number of unbranched alkanes of at least 4 members (excludes halogenated alkanes) is 1. The summed E-state index contributed by atoms with van der Waals surface area (Å²) in [5.41, 5.74) is 0. The second-order valence-corrected chi connectivity index (χ2v) is 8.76. The van der Waals surface area contributed by atoms with Gasteiger partial charge in [0.25, 0.3) is 0 Å². The molecule has 16 heavy (non-hydrogen) atoms. The molecule has 0 fully saturated rings. The molecule has 0 aliphatic rings. The van der Waals surface area contributed by atoms with E-state index in [9.17, 15) is 8.78 Å². The summed E-state index contributed by atoms with van der Waals surface area (Å²) in [4.78, 5) is 0. The normalized spacial score (nSPS) is 11.6. The molecule has 0 saturated carbocycles. The highest BCUT2D eigenvalue weighted by molar-refractivity contribution is 6.71. The molecule has 0 saturated heterocycles. The molecule has 0 atom stereocenters. The van der Waals surface area contributed by atoms with Gasteiger partial charge >= 0.3 is 0 Å². The van der Waals surface area contributed by atoms with E-state index in [0.717, 1.165) is 25.0 Å². The van der Waals surface area contributed by atoms with Crippen molar-refractivity contribution < 1.29 is 13.2 Å². The van der Waals surface area contributed by atoms with Crippen LogP contribution in [0.2, 0.25) is 19.1 Å². The molecule has 0 spiro atoms. The highest BCUT2D eigenvalue weighted by Crippen LogP contribution is 2.24. The van der Waals surface area contributed by atoms with Gasteiger partial charge in [-0.25, -0.2) is 8.78 Å². The summed E-state index contributed by atoms with van der Waals surface area (Å²) in [5, 5.41) is 0. The van der Waals surface area contributed by atoms with Gasteiger partial charge in [-0.1, -0.05) is 19.8 Å². The van der Waals surface area contributed by atoms with Crippen LogP contribution in [0.1, 0.15) is 19.8 Å². The highest BCUT2D eigenvalue weighted by Gasteiger charge is 2.24. The maximum atomic E-state index is 13.4. The monoisotopic (exact) mass is 244 g/mol. The minimum absolute atomic E-state index is 0.175. The van der Waals surface area contributed by atoms with Gasteiger partial charge in [0.05, 0.1) is 0 Å². The molecule has 1 rings (SSSR count). The number of hydrogen-bond acceptors (Lipinski definition) is 1. The fourth-order valence-corrected chi connectivity index (χ4v) is 3.58. The zero-order chi connectivity index (χ0) is 12.2. The highest BCUT2D eigenvalue weighted by atomic mass is 28.4. The molecule has 1 aromatic carbocycles. The van der Waals surface area contributed by atoms with Crippen LogP contribution in [0.5, 0.6) is 5.75 Å². The number of benzene rings is 1. The Morgan fingerprint density at radius 2 is 1.94 bits per heavy atom. The van der Waals surface area contributed by atoms with Crippen LogP contribution in [0.25, 0.3) is 0 Å². The third kappa shape index (κ3) is 3.93. The third-order valence-corrected chi connectivity index (χ3v) is 4.74. The lowest BCUT2D eigenvalue weighted by atomic mass is 10.3. The first kappa shape index (κ1) is 13.2. The van der Waals surface area contributed by atoms with Crippen LogP contribution >= 0.6 is 0 Å². The van der Waals surface area contributed by atoms with Crippen LogP contribution < -0.4 is 4.43 Å². The van der Waals surface area contributed by atoms with Gasteiger partial charge in [-0.05, 0) is 31.3 Å². The first-order chi connectivity index (χ1) is 7.44. The molecule has 90 valence electrons. The van der Waals surface area contributed by atoms with Crippen molar-refractivity contribution in [3.8, 4) is 5.75 Å². The average molecular weight is 244 g/mol. The van der Waals surface area contributed by atoms with Gasteiger partial charge in [-0.3, -0.25) is 0 Å². The van der Waals surface area contributed by atoms with Crippen molar-refractivity contribution in [2.24, 2.45) is 0 Å². The molecule has 0 aliphatic carbocycles. The average Bonchev–Trinajstić information content (AvgIpc) is 2.19. The molecule has 4 heteroatoms. The summed E-state index contributed by atoms with van der Waals surface area (Å²) < 4.78 is 31.7. The second kappa shape index (κ2) is 5.43. The Morgan fingerprint density at radius 3 is 2.50 bits per heavy atom. The molecule has 0 radical (unpaired) electrons. The van der Waals surface area contributed by atoms with Gasteiger partial charge in [0, 0.05) is 6.07 Å². The van der Waals surface area contributed by atoms with Crippen LogP contribution in [-0.4, -0.2) is 8.32 Å². The number of hydrogen-bond donors (Lipinski definition) is 0. The lowest BCUT2D eigenvalue weighted by Gasteiger charge is -2.24. The second-order valence-electron chi connectivity index (χ2n) is 4.54. The van der Waals surface area contributed by atoms with Crippen molar-refractivity contribution in [3.05, 3.63) is 29.8 Å². The summed E-state index contributed by atoms with van der Waals surface area (Å²) in [6, 6.07) is 4.44. The van der Waals surface area contributed by atoms with Gasteiger partial charge in [-0.15, -0.1) is 0 Å². The molecule has 1 aromatic rings. The summed E-state index contributed by atoms with van der Waals surface area (Å²) in [7, 11) is -1.88. The van der Waals surface area contributed by atoms with E-state index in [-0.39, 0.29) is 5.75 Å². The first-order valence-electron chi connectivity index (χ1n) is 5.58. The predicted molar refractivity (Wildman–Crippen MR) is 64.2 cm³/mol. The van der Waals surface area contributed by atoms with Crippen LogP contribution in [-0.2, 0) is 0 Å². The molecule has 0 aromatic heterocycles. The Labute approximate surface area is 96.6 Å². The maximum Gasteiger partial charge on any atom is 0.245 e. The predicted octanol–water partition coefficient (Wildman–Crippen LogP) is 4.35. The lowest BCUT2D eigenvalue weighted by Crippen LogP contribution is -2.34. The van der Waals surface area contributed by atoms with Gasteiger partial charge in [0.15, 0.2) is 5.82 Å². The Morgan fingerprint density at radius 1 is 1.25 bits per heavy atom. The summed E-state index contributed by atoms with van der Waals surface area (Å²) >= 11 is 0. The van der Waals surface area contributed by atoms with Crippen molar-refractivity contribution in [1.82, 2.24) is 0 Å². The fourth-order valence-electron chi connectivity index (χ4n) is 1.51. The Bertz CT molecular complexity index is 353. The Hall–Kier alpha value is -0.903. The van der Waals surface area contributed by atoms with Gasteiger partial charge in [-0.2, -0.15) is 0 Å². The topological polar surface area (TPSA) is 9.23 Å². The van der Waals surface area contributed by atoms with Crippen molar-refractivity contribution >= 4 is 8.32 Å². The summed E-state index contributed by atoms with van der Waals surface area (Å²) in [5.74, 6) is -1.01. The number of rotatable bonds is 5. The summed E-state index contributed by atoms with van der Waals surface area (Å²) in [6.07, 6.45) is 2.19. The molecule has 1 nitrogen and oxygen atoms in total. The van der Waals surface area contributed by atoms with E-state index in [1.807, 2.05) is 13.1 Å². The quantitative estimate of drug-likeness (QED) is 0.700. The smallest absolute Gasteiger partial charge is 0.245 e. The molecule has 0 aliphatic heterocycles. The standard InChI is InChI=1S/C12H18F2OSi/c1-4-5-8-16(2,3)15-12-7-6-10(13)9-11(12)14/h6-7,9H,4-5,8H2,1-3H3. The third-order valence-electron chi connectivity index (χ3n) is 2.41. The van der Waals surface area contributed by atoms with Crippen molar-refractivity contribution in [1.29, 1.82) is 0 Å². The van der Waals surface area contributed by atoms with E-state index in [1.165, 1.54) is 12.1 Å². The van der Waals surface area contributed by atoms with E-state index in [2.05, 4.69) is 6.92 Å². The first-order valence-corrected chi connectivity index (χ1v) is 8.70. The molecule has 0 bridgehead atoms. The van der Waals surface area contributed by atoms with E-state index in [4.69, 9.17) is 4.43 Å². The van der Waals surface area contributed by atoms with E-state index in [1.54, 1.807) is 0 Å². The zero-order valence-electron chi connectivity index (χ0n) is 10.0. The Balaban J connectivity index is 2.71. The zero-order valence-corrected chi connectivity index (χ0v) is 11.0. The SMILES string of the molecule is CCCC[Si](C)(C)Oc1ccc(F)cc1F. The van der Waals surface area contributed by atoms with Gasteiger partial charge < -0.3 is 4.43 Å². The van der Waals surface area contributed by atoms with Gasteiger partial charge in [0.1, 0.15) is 11.6 Å². The van der Waals surface area contributed by atoms with Crippen molar-refractivity contribution in [2.75, 3.05) is 0 Å². The molecule has 0 heterocycles. The van der Waals surface area contributed by atoms with E-state index < -0.39 is 20.0 Å². The van der Waals surface area contributed by atoms with Gasteiger partial charge in [0.2, 0.25) is 8.32 Å². The molecule has 0 N–H and O–H groups in total. The molecular formula is C12H18F2OSi. The molecule has 0 unspecified atom stereocenters. The van der Waals surface area contributed by atoms with E-state index in [0.29, 0.717) is 0 Å². The molecular weight excluding hydrogens is 226 g/mol.